The Balaban J connectivity index is 1.28. The summed E-state index contributed by atoms with van der Waals surface area (Å²) in [6.45, 7) is 3.65. The molecule has 2 aromatic rings. The van der Waals surface area contributed by atoms with Gasteiger partial charge in [0.2, 0.25) is 0 Å². The number of benzene rings is 2. The van der Waals surface area contributed by atoms with Crippen molar-refractivity contribution < 1.29 is 24.2 Å². The molecule has 0 aromatic heterocycles. The number of fused-ring (bicyclic) bond motifs is 3. The predicted octanol–water partition coefficient (Wildman–Crippen LogP) is 3.33. The number of ether oxygens (including phenoxy) is 2. The maximum absolute atomic E-state index is 13.4. The van der Waals surface area contributed by atoms with Gasteiger partial charge in [-0.15, -0.1) is 0 Å². The molecule has 3 aliphatic rings. The molecule has 4 atom stereocenters. The lowest BCUT2D eigenvalue weighted by atomic mass is 9.81. The Morgan fingerprint density at radius 1 is 1.11 bits per heavy atom. The summed E-state index contributed by atoms with van der Waals surface area (Å²) in [7, 11) is 1.71. The Bertz CT molecular complexity index is 1100. The van der Waals surface area contributed by atoms with Gasteiger partial charge >= 0.3 is 0 Å². The summed E-state index contributed by atoms with van der Waals surface area (Å²) in [5.41, 5.74) is 3.57. The van der Waals surface area contributed by atoms with Crippen molar-refractivity contribution in [2.24, 2.45) is 5.92 Å². The number of morpholine rings is 1. The van der Waals surface area contributed by atoms with Gasteiger partial charge in [-0.25, -0.2) is 0 Å². The largest absolute Gasteiger partial charge is 0.493 e. The van der Waals surface area contributed by atoms with E-state index in [4.69, 9.17) is 9.47 Å². The molecule has 2 saturated heterocycles. The average Bonchev–Trinajstić information content (AvgIpc) is 3.15. The monoisotopic (exact) mass is 492 g/mol. The van der Waals surface area contributed by atoms with Crippen LogP contribution in [0.1, 0.15) is 58.0 Å². The van der Waals surface area contributed by atoms with Crippen molar-refractivity contribution in [3.63, 3.8) is 0 Å². The number of aliphatic hydroxyl groups excluding tert-OH is 1. The van der Waals surface area contributed by atoms with Gasteiger partial charge in [0.25, 0.3) is 11.8 Å². The number of likely N-dealkylation sites (N-methyl/N-ethyl adjacent to an activating group) is 1. The SMILES string of the molecule is CCOc1cc(C(=O)N2C3CCC2COC3)ccc1C(=O)N(C)CC(O)[C@H]1CCc2ccccc2C1. The van der Waals surface area contributed by atoms with E-state index in [0.717, 1.165) is 32.1 Å². The smallest absolute Gasteiger partial charge is 0.257 e. The molecule has 36 heavy (non-hydrogen) atoms. The maximum atomic E-state index is 13.4. The standard InChI is InChI=1S/C29H36N2O5/c1-3-36-27-15-22(28(33)31-23-11-12-24(31)18-35-17-23)10-13-25(27)29(34)30(2)16-26(32)21-9-8-19-6-4-5-7-20(19)14-21/h4-7,10,13,15,21,23-24,26,32H,3,8-9,11-12,14,16-18H2,1-2H3/t21-,23?,24?,26?/m0/s1. The Morgan fingerprint density at radius 2 is 1.83 bits per heavy atom. The molecule has 3 unspecified atom stereocenters. The van der Waals surface area contributed by atoms with Gasteiger partial charge in [0.1, 0.15) is 5.75 Å². The molecule has 2 fully saturated rings. The van der Waals surface area contributed by atoms with E-state index in [0.29, 0.717) is 36.7 Å². The van der Waals surface area contributed by atoms with E-state index in [1.807, 2.05) is 17.9 Å². The number of hydrogen-bond donors (Lipinski definition) is 1. The van der Waals surface area contributed by atoms with Crippen LogP contribution in [0.25, 0.3) is 0 Å². The van der Waals surface area contributed by atoms with Gasteiger partial charge in [0.15, 0.2) is 0 Å². The highest BCUT2D eigenvalue weighted by atomic mass is 16.5. The molecule has 2 aliphatic heterocycles. The molecular weight excluding hydrogens is 456 g/mol. The molecule has 1 aliphatic carbocycles. The summed E-state index contributed by atoms with van der Waals surface area (Å²) >= 11 is 0. The molecule has 0 saturated carbocycles. The van der Waals surface area contributed by atoms with Crippen LogP contribution in [0.4, 0.5) is 0 Å². The first-order chi connectivity index (χ1) is 17.5. The van der Waals surface area contributed by atoms with Crippen LogP contribution in [0, 0.1) is 5.92 Å². The number of rotatable bonds is 7. The topological polar surface area (TPSA) is 79.3 Å². The minimum Gasteiger partial charge on any atom is -0.493 e. The molecule has 2 aromatic carbocycles. The van der Waals surface area contributed by atoms with Gasteiger partial charge in [-0.1, -0.05) is 24.3 Å². The minimum atomic E-state index is -0.611. The van der Waals surface area contributed by atoms with Crippen molar-refractivity contribution >= 4 is 11.8 Å². The van der Waals surface area contributed by atoms with Gasteiger partial charge < -0.3 is 24.4 Å². The maximum Gasteiger partial charge on any atom is 0.257 e. The first-order valence-electron chi connectivity index (χ1n) is 13.1. The van der Waals surface area contributed by atoms with Gasteiger partial charge in [0, 0.05) is 19.2 Å². The number of carbonyl (C=O) groups is 2. The second-order valence-electron chi connectivity index (χ2n) is 10.3. The van der Waals surface area contributed by atoms with E-state index < -0.39 is 6.10 Å². The van der Waals surface area contributed by atoms with E-state index >= 15 is 0 Å². The zero-order chi connectivity index (χ0) is 25.2. The first kappa shape index (κ1) is 24.8. The fourth-order valence-electron chi connectivity index (χ4n) is 5.99. The van der Waals surface area contributed by atoms with Crippen LogP contribution in [0.3, 0.4) is 0 Å². The molecule has 192 valence electrons. The number of aliphatic hydroxyl groups is 1. The first-order valence-corrected chi connectivity index (χ1v) is 13.1. The van der Waals surface area contributed by atoms with Crippen molar-refractivity contribution in [3.05, 3.63) is 64.7 Å². The number of amides is 2. The zero-order valence-corrected chi connectivity index (χ0v) is 21.2. The molecular formula is C29H36N2O5. The third-order valence-electron chi connectivity index (χ3n) is 7.97. The Labute approximate surface area is 213 Å². The predicted molar refractivity (Wildman–Crippen MR) is 136 cm³/mol. The van der Waals surface area contributed by atoms with Gasteiger partial charge in [0.05, 0.1) is 43.6 Å². The van der Waals surface area contributed by atoms with E-state index in [1.54, 1.807) is 30.1 Å². The summed E-state index contributed by atoms with van der Waals surface area (Å²) < 4.78 is 11.4. The third-order valence-corrected chi connectivity index (χ3v) is 7.97. The van der Waals surface area contributed by atoms with Crippen LogP contribution in [0.15, 0.2) is 42.5 Å². The van der Waals surface area contributed by atoms with Crippen LogP contribution >= 0.6 is 0 Å². The normalized spacial score (nSPS) is 23.6. The van der Waals surface area contributed by atoms with Crippen molar-refractivity contribution in [2.45, 2.75) is 57.2 Å². The summed E-state index contributed by atoms with van der Waals surface area (Å²) in [5, 5.41) is 11.0. The van der Waals surface area contributed by atoms with Crippen molar-refractivity contribution in [2.75, 3.05) is 33.4 Å². The van der Waals surface area contributed by atoms with Crippen LogP contribution in [0.2, 0.25) is 0 Å². The number of hydrogen-bond acceptors (Lipinski definition) is 5. The zero-order valence-electron chi connectivity index (χ0n) is 21.2. The molecule has 2 heterocycles. The van der Waals surface area contributed by atoms with Crippen LogP contribution in [-0.2, 0) is 17.6 Å². The quantitative estimate of drug-likeness (QED) is 0.642. The molecule has 1 N–H and O–H groups in total. The molecule has 0 radical (unpaired) electrons. The van der Waals surface area contributed by atoms with Crippen LogP contribution in [0.5, 0.6) is 5.75 Å². The Morgan fingerprint density at radius 3 is 2.56 bits per heavy atom. The van der Waals surface area contributed by atoms with E-state index in [-0.39, 0.29) is 36.4 Å². The highest BCUT2D eigenvalue weighted by Crippen LogP contribution is 2.32. The van der Waals surface area contributed by atoms with Crippen molar-refractivity contribution in [3.8, 4) is 5.75 Å². The summed E-state index contributed by atoms with van der Waals surface area (Å²) in [6.07, 6.45) is 4.00. The van der Waals surface area contributed by atoms with Crippen molar-refractivity contribution in [1.29, 1.82) is 0 Å². The lowest BCUT2D eigenvalue weighted by molar-refractivity contribution is -0.00717. The summed E-state index contributed by atoms with van der Waals surface area (Å²) in [4.78, 5) is 30.2. The van der Waals surface area contributed by atoms with Gasteiger partial charge in [-0.05, 0) is 74.3 Å². The van der Waals surface area contributed by atoms with Crippen molar-refractivity contribution in [1.82, 2.24) is 9.80 Å². The fourth-order valence-corrected chi connectivity index (χ4v) is 5.99. The van der Waals surface area contributed by atoms with Gasteiger partial charge in [-0.3, -0.25) is 9.59 Å². The molecule has 2 bridgehead atoms. The lowest BCUT2D eigenvalue weighted by Gasteiger charge is -2.34. The van der Waals surface area contributed by atoms with Crippen LogP contribution < -0.4 is 4.74 Å². The van der Waals surface area contributed by atoms with E-state index in [1.165, 1.54) is 11.1 Å². The Kier molecular flexibility index (Phi) is 7.30. The highest BCUT2D eigenvalue weighted by Gasteiger charge is 2.41. The fraction of sp³-hybridized carbons (Fsp3) is 0.517. The number of nitrogens with zero attached hydrogens (tertiary/aromatic N) is 2. The average molecular weight is 493 g/mol. The second kappa shape index (κ2) is 10.6. The third kappa shape index (κ3) is 4.87. The summed E-state index contributed by atoms with van der Waals surface area (Å²) in [5.74, 6) is 0.263. The highest BCUT2D eigenvalue weighted by molar-refractivity contribution is 6.00. The van der Waals surface area contributed by atoms with Gasteiger partial charge in [-0.2, -0.15) is 0 Å². The number of carbonyl (C=O) groups excluding carboxylic acids is 2. The minimum absolute atomic E-state index is 0.0351. The molecule has 2 amide bonds. The van der Waals surface area contributed by atoms with E-state index in [2.05, 4.69) is 18.2 Å². The summed E-state index contributed by atoms with van der Waals surface area (Å²) in [6, 6.07) is 13.7. The molecule has 7 nitrogen and oxygen atoms in total. The van der Waals surface area contributed by atoms with E-state index in [9.17, 15) is 14.7 Å². The molecule has 5 rings (SSSR count). The second-order valence-corrected chi connectivity index (χ2v) is 10.3. The number of aryl methyl sites for hydroxylation is 1. The molecule has 7 heteroatoms. The lowest BCUT2D eigenvalue weighted by Crippen LogP contribution is -2.49. The molecule has 0 spiro atoms. The Hall–Kier alpha value is -2.90. The van der Waals surface area contributed by atoms with Crippen LogP contribution in [-0.4, -0.2) is 78.3 Å².